The molecular formula is C28H27N5O3. The lowest BCUT2D eigenvalue weighted by Crippen LogP contribution is -2.51. The first-order valence-electron chi connectivity index (χ1n) is 12.1. The summed E-state index contributed by atoms with van der Waals surface area (Å²) in [7, 11) is 3.57. The number of carbonyl (C=O) groups is 2. The van der Waals surface area contributed by atoms with Gasteiger partial charge in [-0.15, -0.1) is 0 Å². The summed E-state index contributed by atoms with van der Waals surface area (Å²) in [5, 5.41) is 4.10. The van der Waals surface area contributed by atoms with Crippen LogP contribution in [0.2, 0.25) is 0 Å². The molecule has 1 atom stereocenters. The van der Waals surface area contributed by atoms with Gasteiger partial charge in [-0.25, -0.2) is 4.98 Å². The molecule has 8 heteroatoms. The second-order valence-electron chi connectivity index (χ2n) is 9.14. The number of aryl methyl sites for hydroxylation is 1. The molecule has 0 saturated heterocycles. The van der Waals surface area contributed by atoms with Crippen molar-refractivity contribution in [3.63, 3.8) is 0 Å². The van der Waals surface area contributed by atoms with Crippen molar-refractivity contribution in [1.82, 2.24) is 14.5 Å². The van der Waals surface area contributed by atoms with Gasteiger partial charge in [-0.2, -0.15) is 0 Å². The van der Waals surface area contributed by atoms with E-state index in [0.29, 0.717) is 24.7 Å². The van der Waals surface area contributed by atoms with Crippen molar-refractivity contribution in [3.05, 3.63) is 83.7 Å². The van der Waals surface area contributed by atoms with Gasteiger partial charge < -0.3 is 24.4 Å². The summed E-state index contributed by atoms with van der Waals surface area (Å²) in [6, 6.07) is 19.6. The fourth-order valence-corrected chi connectivity index (χ4v) is 5.62. The molecule has 0 radical (unpaired) electrons. The van der Waals surface area contributed by atoms with Gasteiger partial charge in [0.2, 0.25) is 11.8 Å². The number of anilines is 2. The highest BCUT2D eigenvalue weighted by Crippen LogP contribution is 2.44. The summed E-state index contributed by atoms with van der Waals surface area (Å²) in [5.41, 5.74) is 5.61. The number of ether oxygens (including phenoxy) is 1. The van der Waals surface area contributed by atoms with Gasteiger partial charge in [-0.05, 0) is 42.3 Å². The number of methoxy groups -OCH3 is 1. The number of nitrogens with zero attached hydrogens (tertiary/aromatic N) is 4. The molecule has 0 spiro atoms. The van der Waals surface area contributed by atoms with Crippen molar-refractivity contribution in [2.24, 2.45) is 0 Å². The van der Waals surface area contributed by atoms with Crippen LogP contribution >= 0.6 is 0 Å². The van der Waals surface area contributed by atoms with Crippen molar-refractivity contribution in [2.75, 3.05) is 30.9 Å². The van der Waals surface area contributed by atoms with Crippen LogP contribution in [0.15, 0.2) is 66.9 Å². The quantitative estimate of drug-likeness (QED) is 0.462. The Kier molecular flexibility index (Phi) is 5.36. The number of benzene rings is 2. The Morgan fingerprint density at radius 3 is 2.78 bits per heavy atom. The van der Waals surface area contributed by atoms with Crippen molar-refractivity contribution < 1.29 is 14.3 Å². The molecule has 0 bridgehead atoms. The van der Waals surface area contributed by atoms with E-state index in [2.05, 4.69) is 31.9 Å². The molecule has 4 heterocycles. The summed E-state index contributed by atoms with van der Waals surface area (Å²) >= 11 is 0. The molecule has 2 aromatic heterocycles. The Hall–Kier alpha value is -4.33. The molecule has 2 aromatic carbocycles. The normalized spacial score (nSPS) is 16.4. The molecule has 2 aliphatic rings. The van der Waals surface area contributed by atoms with Crippen LogP contribution in [0.25, 0.3) is 10.9 Å². The first kappa shape index (κ1) is 22.2. The van der Waals surface area contributed by atoms with Crippen LogP contribution in [-0.2, 0) is 17.8 Å². The van der Waals surface area contributed by atoms with Crippen LogP contribution in [0.5, 0.6) is 5.88 Å². The molecule has 0 saturated carbocycles. The maximum atomic E-state index is 13.5. The van der Waals surface area contributed by atoms with E-state index in [1.807, 2.05) is 48.3 Å². The molecule has 2 amide bonds. The first-order valence-corrected chi connectivity index (χ1v) is 12.1. The zero-order valence-corrected chi connectivity index (χ0v) is 20.3. The van der Waals surface area contributed by atoms with E-state index in [0.717, 1.165) is 28.9 Å². The molecule has 1 unspecified atom stereocenters. The summed E-state index contributed by atoms with van der Waals surface area (Å²) in [6.07, 6.45) is 2.44. The van der Waals surface area contributed by atoms with Gasteiger partial charge in [0.25, 0.3) is 5.91 Å². The summed E-state index contributed by atoms with van der Waals surface area (Å²) < 4.78 is 7.49. The highest BCUT2D eigenvalue weighted by Gasteiger charge is 2.42. The van der Waals surface area contributed by atoms with Crippen molar-refractivity contribution in [2.45, 2.75) is 25.6 Å². The smallest absolute Gasteiger partial charge is 0.257 e. The SMILES string of the molecule is COc1ncccc1NC(=O)CCn1c2c(c3ccccc31)CCN1C(=O)c3ccccc3N(C)C21. The number of hydrogen-bond donors (Lipinski definition) is 1. The summed E-state index contributed by atoms with van der Waals surface area (Å²) in [6.45, 7) is 1.14. The van der Waals surface area contributed by atoms with Crippen molar-refractivity contribution >= 4 is 34.1 Å². The number of pyridine rings is 1. The van der Waals surface area contributed by atoms with Gasteiger partial charge in [-0.3, -0.25) is 9.59 Å². The van der Waals surface area contributed by atoms with E-state index in [1.54, 1.807) is 18.3 Å². The van der Waals surface area contributed by atoms with Crippen LogP contribution in [0.1, 0.15) is 34.2 Å². The molecule has 182 valence electrons. The van der Waals surface area contributed by atoms with Crippen LogP contribution in [0.4, 0.5) is 11.4 Å². The number of nitrogens with one attached hydrogen (secondary N) is 1. The number of amides is 2. The lowest BCUT2D eigenvalue weighted by Gasteiger charge is -2.46. The zero-order valence-electron chi connectivity index (χ0n) is 20.3. The Bertz CT molecular complexity index is 1490. The number of rotatable bonds is 5. The van der Waals surface area contributed by atoms with E-state index in [9.17, 15) is 9.59 Å². The predicted molar refractivity (Wildman–Crippen MR) is 138 cm³/mol. The fraction of sp³-hybridized carbons (Fsp3) is 0.250. The molecular weight excluding hydrogens is 454 g/mol. The van der Waals surface area contributed by atoms with Gasteiger partial charge in [-0.1, -0.05) is 30.3 Å². The maximum Gasteiger partial charge on any atom is 0.257 e. The van der Waals surface area contributed by atoms with Gasteiger partial charge >= 0.3 is 0 Å². The molecule has 6 rings (SSSR count). The van der Waals surface area contributed by atoms with Crippen molar-refractivity contribution in [1.29, 1.82) is 0 Å². The number of carbonyl (C=O) groups excluding carboxylic acids is 2. The van der Waals surface area contributed by atoms with Crippen LogP contribution < -0.4 is 15.0 Å². The van der Waals surface area contributed by atoms with Crippen LogP contribution in [0, 0.1) is 0 Å². The number of aromatic nitrogens is 2. The minimum absolute atomic E-state index is 0.0533. The molecule has 1 N–H and O–H groups in total. The Balaban J connectivity index is 1.38. The summed E-state index contributed by atoms with van der Waals surface area (Å²) in [4.78, 5) is 34.7. The lowest BCUT2D eigenvalue weighted by molar-refractivity contribution is -0.116. The van der Waals surface area contributed by atoms with E-state index < -0.39 is 0 Å². The average molecular weight is 482 g/mol. The van der Waals surface area contributed by atoms with E-state index >= 15 is 0 Å². The first-order chi connectivity index (χ1) is 17.6. The van der Waals surface area contributed by atoms with Gasteiger partial charge in [0.15, 0.2) is 0 Å². The lowest BCUT2D eigenvalue weighted by atomic mass is 9.96. The molecule has 0 aliphatic carbocycles. The van der Waals surface area contributed by atoms with E-state index in [1.165, 1.54) is 18.1 Å². The van der Waals surface area contributed by atoms with Gasteiger partial charge in [0.05, 0.1) is 24.1 Å². The summed E-state index contributed by atoms with van der Waals surface area (Å²) in [5.74, 6) is 0.308. The largest absolute Gasteiger partial charge is 0.480 e. The van der Waals surface area contributed by atoms with E-state index in [-0.39, 0.29) is 24.4 Å². The van der Waals surface area contributed by atoms with E-state index in [4.69, 9.17) is 4.74 Å². The number of hydrogen-bond acceptors (Lipinski definition) is 5. The molecule has 8 nitrogen and oxygen atoms in total. The van der Waals surface area contributed by atoms with Gasteiger partial charge in [0.1, 0.15) is 11.9 Å². The Morgan fingerprint density at radius 1 is 1.11 bits per heavy atom. The average Bonchev–Trinajstić information content (AvgIpc) is 3.24. The minimum atomic E-state index is -0.231. The van der Waals surface area contributed by atoms with Crippen LogP contribution in [0.3, 0.4) is 0 Å². The third kappa shape index (κ3) is 3.40. The fourth-order valence-electron chi connectivity index (χ4n) is 5.62. The third-order valence-electron chi connectivity index (χ3n) is 7.21. The minimum Gasteiger partial charge on any atom is -0.480 e. The topological polar surface area (TPSA) is 79.7 Å². The zero-order chi connectivity index (χ0) is 24.8. The monoisotopic (exact) mass is 481 g/mol. The second kappa shape index (κ2) is 8.71. The number of para-hydroxylation sites is 2. The highest BCUT2D eigenvalue weighted by molar-refractivity contribution is 6.02. The standard InChI is InChI=1S/C28H27N5O3/c1-31-22-11-5-4-9-20(22)28(35)33-16-13-19-18-8-3-6-12-23(18)32(25(19)27(31)33)17-14-24(34)30-21-10-7-15-29-26(21)36-2/h3-12,15,27H,13-14,16-17H2,1-2H3,(H,30,34). The molecule has 4 aromatic rings. The second-order valence-corrected chi connectivity index (χ2v) is 9.14. The third-order valence-corrected chi connectivity index (χ3v) is 7.21. The predicted octanol–water partition coefficient (Wildman–Crippen LogP) is 4.22. The Morgan fingerprint density at radius 2 is 1.92 bits per heavy atom. The Labute approximate surface area is 209 Å². The number of fused-ring (bicyclic) bond motifs is 6. The van der Waals surface area contributed by atoms with Gasteiger partial charge in [0, 0.05) is 43.7 Å². The molecule has 36 heavy (non-hydrogen) atoms. The van der Waals surface area contributed by atoms with Crippen LogP contribution in [-0.4, -0.2) is 47.0 Å². The highest BCUT2D eigenvalue weighted by atomic mass is 16.5. The molecule has 0 fully saturated rings. The maximum absolute atomic E-state index is 13.5. The van der Waals surface area contributed by atoms with Crippen molar-refractivity contribution in [3.8, 4) is 5.88 Å². The molecule has 2 aliphatic heterocycles.